The largest absolute Gasteiger partial charge is 0.466 e. The van der Waals surface area contributed by atoms with Gasteiger partial charge in [-0.3, -0.25) is 9.59 Å². The summed E-state index contributed by atoms with van der Waals surface area (Å²) in [7, 11) is 0. The summed E-state index contributed by atoms with van der Waals surface area (Å²) < 4.78 is 10.0. The Morgan fingerprint density at radius 3 is 2.12 bits per heavy atom. The Bertz CT molecular complexity index is 292. The molecule has 1 fully saturated rings. The molecule has 5 heteroatoms. The summed E-state index contributed by atoms with van der Waals surface area (Å²) in [5.41, 5.74) is 0. The summed E-state index contributed by atoms with van der Waals surface area (Å²) in [6.45, 7) is 8.01. The second-order valence-corrected chi connectivity index (χ2v) is 4.32. The Kier molecular flexibility index (Phi) is 4.93. The van der Waals surface area contributed by atoms with E-state index in [1.807, 2.05) is 13.8 Å². The van der Waals surface area contributed by atoms with Crippen LogP contribution in [0.4, 0.5) is 0 Å². The van der Waals surface area contributed by atoms with Crippen LogP contribution in [-0.2, 0) is 19.1 Å². The van der Waals surface area contributed by atoms with Crippen molar-refractivity contribution < 1.29 is 19.1 Å². The number of carbonyl (C=O) groups excluding carboxylic acids is 2. The third-order valence-corrected chi connectivity index (χ3v) is 3.17. The molecule has 0 aromatic rings. The van der Waals surface area contributed by atoms with Crippen LogP contribution < -0.4 is 5.32 Å². The topological polar surface area (TPSA) is 64.6 Å². The van der Waals surface area contributed by atoms with Gasteiger partial charge in [0.05, 0.1) is 19.1 Å². The van der Waals surface area contributed by atoms with Crippen molar-refractivity contribution in [3.63, 3.8) is 0 Å². The third-order valence-electron chi connectivity index (χ3n) is 3.17. The van der Waals surface area contributed by atoms with Gasteiger partial charge in [0.15, 0.2) is 0 Å². The number of hydrogen-bond donors (Lipinski definition) is 1. The predicted octanol–water partition coefficient (Wildman–Crippen LogP) is 0.725. The van der Waals surface area contributed by atoms with Crippen LogP contribution in [0, 0.1) is 11.8 Å². The fourth-order valence-electron chi connectivity index (χ4n) is 2.37. The van der Waals surface area contributed by atoms with E-state index in [-0.39, 0.29) is 29.8 Å². The molecule has 0 unspecified atom stereocenters. The van der Waals surface area contributed by atoms with E-state index in [1.54, 1.807) is 13.8 Å². The molecule has 0 aliphatic carbocycles. The summed E-state index contributed by atoms with van der Waals surface area (Å²) in [4.78, 5) is 23.5. The maximum Gasteiger partial charge on any atom is 0.323 e. The number of ether oxygens (including phenoxy) is 2. The van der Waals surface area contributed by atoms with Crippen LogP contribution in [0.3, 0.4) is 0 Å². The number of hydrogen-bond acceptors (Lipinski definition) is 5. The Morgan fingerprint density at radius 1 is 1.06 bits per heavy atom. The van der Waals surface area contributed by atoms with E-state index in [1.165, 1.54) is 0 Å². The molecule has 1 rings (SSSR count). The lowest BCUT2D eigenvalue weighted by Crippen LogP contribution is -2.38. The lowest BCUT2D eigenvalue weighted by Gasteiger charge is -2.18. The molecule has 17 heavy (non-hydrogen) atoms. The van der Waals surface area contributed by atoms with Crippen LogP contribution in [0.15, 0.2) is 0 Å². The minimum atomic E-state index is -0.417. The molecule has 1 aliphatic rings. The van der Waals surface area contributed by atoms with Gasteiger partial charge in [0, 0.05) is 6.04 Å². The van der Waals surface area contributed by atoms with E-state index < -0.39 is 6.04 Å². The van der Waals surface area contributed by atoms with Gasteiger partial charge in [0.1, 0.15) is 6.04 Å². The first kappa shape index (κ1) is 14.0. The van der Waals surface area contributed by atoms with Crippen molar-refractivity contribution in [1.29, 1.82) is 0 Å². The second kappa shape index (κ2) is 6.00. The van der Waals surface area contributed by atoms with Crippen molar-refractivity contribution in [1.82, 2.24) is 5.32 Å². The highest BCUT2D eigenvalue weighted by Crippen LogP contribution is 2.29. The smallest absolute Gasteiger partial charge is 0.323 e. The molecular formula is C12H21NO4. The molecule has 4 atom stereocenters. The molecule has 0 saturated carbocycles. The SMILES string of the molecule is CCOC(=O)[C@H]1[C@@H](C)[C@H](C(=O)OCC)N[C@@H]1C. The Balaban J connectivity index is 2.70. The monoisotopic (exact) mass is 243 g/mol. The van der Waals surface area contributed by atoms with Crippen LogP contribution in [-0.4, -0.2) is 37.2 Å². The maximum atomic E-state index is 11.8. The number of carbonyl (C=O) groups is 2. The predicted molar refractivity (Wildman–Crippen MR) is 62.3 cm³/mol. The highest BCUT2D eigenvalue weighted by atomic mass is 16.5. The van der Waals surface area contributed by atoms with E-state index >= 15 is 0 Å². The summed E-state index contributed by atoms with van der Waals surface area (Å²) in [6, 6.07) is -0.488. The zero-order chi connectivity index (χ0) is 13.0. The first-order chi connectivity index (χ1) is 8.02. The number of esters is 2. The van der Waals surface area contributed by atoms with Crippen LogP contribution >= 0.6 is 0 Å². The van der Waals surface area contributed by atoms with Crippen LogP contribution in [0.25, 0.3) is 0 Å². The Labute approximate surface area is 102 Å². The van der Waals surface area contributed by atoms with Gasteiger partial charge in [-0.15, -0.1) is 0 Å². The molecule has 0 aromatic heterocycles. The molecule has 5 nitrogen and oxygen atoms in total. The molecule has 0 radical (unpaired) electrons. The zero-order valence-electron chi connectivity index (χ0n) is 10.9. The van der Waals surface area contributed by atoms with E-state index in [4.69, 9.17) is 9.47 Å². The maximum absolute atomic E-state index is 11.8. The molecule has 1 aliphatic heterocycles. The van der Waals surface area contributed by atoms with Gasteiger partial charge in [0.2, 0.25) is 0 Å². The van der Waals surface area contributed by atoms with Crippen molar-refractivity contribution in [3.8, 4) is 0 Å². The first-order valence-corrected chi connectivity index (χ1v) is 6.12. The molecule has 0 aromatic carbocycles. The molecule has 0 amide bonds. The second-order valence-electron chi connectivity index (χ2n) is 4.32. The van der Waals surface area contributed by atoms with Gasteiger partial charge in [0.25, 0.3) is 0 Å². The van der Waals surface area contributed by atoms with Crippen LogP contribution in [0.1, 0.15) is 27.7 Å². The zero-order valence-corrected chi connectivity index (χ0v) is 10.9. The fraction of sp³-hybridized carbons (Fsp3) is 0.833. The Hall–Kier alpha value is -1.10. The minimum absolute atomic E-state index is 0.0709. The van der Waals surface area contributed by atoms with Gasteiger partial charge in [-0.25, -0.2) is 0 Å². The summed E-state index contributed by atoms with van der Waals surface area (Å²) in [6.07, 6.45) is 0. The normalized spacial score (nSPS) is 32.2. The number of nitrogens with one attached hydrogen (secondary N) is 1. The van der Waals surface area contributed by atoms with Crippen molar-refractivity contribution in [2.75, 3.05) is 13.2 Å². The summed E-state index contributed by atoms with van der Waals surface area (Å²) >= 11 is 0. The van der Waals surface area contributed by atoms with Crippen molar-refractivity contribution in [2.24, 2.45) is 11.8 Å². The fourth-order valence-corrected chi connectivity index (χ4v) is 2.37. The van der Waals surface area contributed by atoms with Gasteiger partial charge in [-0.05, 0) is 26.7 Å². The third kappa shape index (κ3) is 2.97. The van der Waals surface area contributed by atoms with Crippen molar-refractivity contribution >= 4 is 11.9 Å². The minimum Gasteiger partial charge on any atom is -0.466 e. The first-order valence-electron chi connectivity index (χ1n) is 6.12. The molecule has 0 spiro atoms. The van der Waals surface area contributed by atoms with Gasteiger partial charge in [-0.1, -0.05) is 6.92 Å². The molecule has 1 heterocycles. The highest BCUT2D eigenvalue weighted by Gasteiger charge is 2.46. The molecule has 98 valence electrons. The quantitative estimate of drug-likeness (QED) is 0.737. The van der Waals surface area contributed by atoms with Gasteiger partial charge < -0.3 is 14.8 Å². The van der Waals surface area contributed by atoms with E-state index in [9.17, 15) is 9.59 Å². The van der Waals surface area contributed by atoms with Crippen molar-refractivity contribution in [2.45, 2.75) is 39.8 Å². The summed E-state index contributed by atoms with van der Waals surface area (Å²) in [5, 5.41) is 3.10. The summed E-state index contributed by atoms with van der Waals surface area (Å²) in [5.74, 6) is -0.932. The lowest BCUT2D eigenvalue weighted by atomic mass is 9.89. The van der Waals surface area contributed by atoms with Gasteiger partial charge in [-0.2, -0.15) is 0 Å². The van der Waals surface area contributed by atoms with Crippen molar-refractivity contribution in [3.05, 3.63) is 0 Å². The molecule has 1 saturated heterocycles. The molecule has 0 bridgehead atoms. The molecular weight excluding hydrogens is 222 g/mol. The Morgan fingerprint density at radius 2 is 1.59 bits per heavy atom. The van der Waals surface area contributed by atoms with E-state index in [0.717, 1.165) is 0 Å². The van der Waals surface area contributed by atoms with E-state index in [2.05, 4.69) is 5.32 Å². The highest BCUT2D eigenvalue weighted by molar-refractivity contribution is 5.81. The van der Waals surface area contributed by atoms with Gasteiger partial charge >= 0.3 is 11.9 Å². The number of rotatable bonds is 4. The van der Waals surface area contributed by atoms with Crippen LogP contribution in [0.2, 0.25) is 0 Å². The standard InChI is InChI=1S/C12H21NO4/c1-5-16-11(14)9-7(3)10(13-8(9)4)12(15)17-6-2/h7-10,13H,5-6H2,1-4H3/t7-,8-,9+,10-/m1/s1. The average molecular weight is 243 g/mol. The average Bonchev–Trinajstić information content (AvgIpc) is 2.55. The van der Waals surface area contributed by atoms with Crippen LogP contribution in [0.5, 0.6) is 0 Å². The van der Waals surface area contributed by atoms with E-state index in [0.29, 0.717) is 13.2 Å². The molecule has 1 N–H and O–H groups in total. The lowest BCUT2D eigenvalue weighted by molar-refractivity contribution is -0.150.